The summed E-state index contributed by atoms with van der Waals surface area (Å²) in [7, 11) is 1.62. The number of benzene rings is 1. The van der Waals surface area contributed by atoms with Crippen molar-refractivity contribution in [1.29, 1.82) is 0 Å². The van der Waals surface area contributed by atoms with Crippen molar-refractivity contribution < 1.29 is 14.7 Å². The zero-order valence-electron chi connectivity index (χ0n) is 13.1. The number of nitrogens with one attached hydrogen (secondary N) is 1. The molecular formula is C18H17N3O3. The molecular weight excluding hydrogens is 306 g/mol. The largest absolute Gasteiger partial charge is 0.477 e. The van der Waals surface area contributed by atoms with Gasteiger partial charge in [0.05, 0.1) is 12.1 Å². The first-order chi connectivity index (χ1) is 11.5. The molecule has 0 aliphatic rings. The van der Waals surface area contributed by atoms with Crippen molar-refractivity contribution in [2.24, 2.45) is 7.05 Å². The number of hydrogen-bond donors (Lipinski definition) is 2. The molecule has 3 aromatic rings. The van der Waals surface area contributed by atoms with E-state index >= 15 is 0 Å². The number of carbonyl (C=O) groups excluding carboxylic acids is 1. The second-order valence-corrected chi connectivity index (χ2v) is 5.48. The van der Waals surface area contributed by atoms with Crippen molar-refractivity contribution in [2.45, 2.75) is 6.42 Å². The molecule has 0 bridgehead atoms. The number of aromatic nitrogens is 2. The van der Waals surface area contributed by atoms with E-state index in [1.54, 1.807) is 19.3 Å². The predicted molar refractivity (Wildman–Crippen MR) is 90.5 cm³/mol. The number of rotatable bonds is 5. The minimum atomic E-state index is -1.08. The fourth-order valence-electron chi connectivity index (χ4n) is 2.57. The van der Waals surface area contributed by atoms with E-state index in [2.05, 4.69) is 5.32 Å². The molecule has 122 valence electrons. The number of carboxylic acids is 1. The van der Waals surface area contributed by atoms with Crippen molar-refractivity contribution in [2.75, 3.05) is 5.32 Å². The van der Waals surface area contributed by atoms with E-state index in [0.717, 1.165) is 11.3 Å². The molecule has 0 saturated carbocycles. The highest BCUT2D eigenvalue weighted by molar-refractivity contribution is 6.00. The average molecular weight is 323 g/mol. The van der Waals surface area contributed by atoms with Crippen molar-refractivity contribution in [3.05, 3.63) is 72.3 Å². The molecule has 0 spiro atoms. The van der Waals surface area contributed by atoms with Crippen LogP contribution in [0, 0.1) is 0 Å². The van der Waals surface area contributed by atoms with Gasteiger partial charge < -0.3 is 19.6 Å². The molecule has 1 aromatic carbocycles. The Balaban J connectivity index is 1.68. The maximum Gasteiger partial charge on any atom is 0.354 e. The lowest BCUT2D eigenvalue weighted by molar-refractivity contribution is -0.115. The van der Waals surface area contributed by atoms with E-state index in [9.17, 15) is 14.7 Å². The van der Waals surface area contributed by atoms with Crippen molar-refractivity contribution in [3.8, 4) is 5.69 Å². The maximum atomic E-state index is 12.2. The summed E-state index contributed by atoms with van der Waals surface area (Å²) in [4.78, 5) is 23.4. The summed E-state index contributed by atoms with van der Waals surface area (Å²) < 4.78 is 3.44. The lowest BCUT2D eigenvalue weighted by Gasteiger charge is -2.07. The highest BCUT2D eigenvalue weighted by atomic mass is 16.4. The molecule has 0 atom stereocenters. The third-order valence-corrected chi connectivity index (χ3v) is 3.75. The summed E-state index contributed by atoms with van der Waals surface area (Å²) in [6, 6.07) is 13.1. The van der Waals surface area contributed by atoms with E-state index in [4.69, 9.17) is 0 Å². The molecule has 0 aliphatic carbocycles. The van der Waals surface area contributed by atoms with Crippen LogP contribution in [-0.4, -0.2) is 26.1 Å². The predicted octanol–water partition coefficient (Wildman–Crippen LogP) is 2.70. The van der Waals surface area contributed by atoms with Gasteiger partial charge in [0, 0.05) is 31.3 Å². The molecule has 24 heavy (non-hydrogen) atoms. The third-order valence-electron chi connectivity index (χ3n) is 3.75. The second-order valence-electron chi connectivity index (χ2n) is 5.48. The number of anilines is 1. The number of nitrogens with zero attached hydrogens (tertiary/aromatic N) is 2. The number of aryl methyl sites for hydroxylation is 1. The molecule has 6 nitrogen and oxygen atoms in total. The Morgan fingerprint density at radius 1 is 1.04 bits per heavy atom. The molecule has 3 rings (SSSR count). The minimum Gasteiger partial charge on any atom is -0.477 e. The summed E-state index contributed by atoms with van der Waals surface area (Å²) in [5.74, 6) is -1.33. The van der Waals surface area contributed by atoms with Crippen LogP contribution in [0.15, 0.2) is 61.1 Å². The zero-order valence-corrected chi connectivity index (χ0v) is 13.1. The van der Waals surface area contributed by atoms with Crippen molar-refractivity contribution >= 4 is 17.6 Å². The lowest BCUT2D eigenvalue weighted by atomic mass is 10.1. The standard InChI is InChI=1S/C18H17N3O3/c1-20-11-8-15(17(20)18(23)24)19-16(22)12-13-4-6-14(7-5-13)21-9-2-3-10-21/h2-11H,12H2,1H3,(H,19,22)(H,23,24). The van der Waals surface area contributed by atoms with Gasteiger partial charge in [-0.15, -0.1) is 0 Å². The Kier molecular flexibility index (Phi) is 4.20. The van der Waals surface area contributed by atoms with Gasteiger partial charge in [0.15, 0.2) is 5.69 Å². The quantitative estimate of drug-likeness (QED) is 0.758. The summed E-state index contributed by atoms with van der Waals surface area (Å²) in [6.45, 7) is 0. The normalized spacial score (nSPS) is 10.5. The van der Waals surface area contributed by atoms with Gasteiger partial charge in [0.25, 0.3) is 0 Å². The van der Waals surface area contributed by atoms with Crippen LogP contribution in [-0.2, 0) is 18.3 Å². The molecule has 1 amide bonds. The number of hydrogen-bond acceptors (Lipinski definition) is 2. The Morgan fingerprint density at radius 3 is 2.33 bits per heavy atom. The first-order valence-electron chi connectivity index (χ1n) is 7.45. The van der Waals surface area contributed by atoms with Gasteiger partial charge in [0.2, 0.25) is 5.91 Å². The molecule has 0 aliphatic heterocycles. The molecule has 0 radical (unpaired) electrons. The molecule has 2 heterocycles. The van der Waals surface area contributed by atoms with Gasteiger partial charge in [-0.25, -0.2) is 4.79 Å². The topological polar surface area (TPSA) is 76.3 Å². The van der Waals surface area contributed by atoms with Crippen LogP contribution in [0.1, 0.15) is 16.1 Å². The van der Waals surface area contributed by atoms with E-state index < -0.39 is 5.97 Å². The lowest BCUT2D eigenvalue weighted by Crippen LogP contribution is -2.17. The maximum absolute atomic E-state index is 12.2. The zero-order chi connectivity index (χ0) is 17.1. The van der Waals surface area contributed by atoms with E-state index in [0.29, 0.717) is 5.69 Å². The van der Waals surface area contributed by atoms with Crippen LogP contribution in [0.4, 0.5) is 5.69 Å². The van der Waals surface area contributed by atoms with Gasteiger partial charge in [0.1, 0.15) is 0 Å². The number of carboxylic acid groups (broad SMARTS) is 1. The number of aromatic carboxylic acids is 1. The van der Waals surface area contributed by atoms with Crippen LogP contribution >= 0.6 is 0 Å². The van der Waals surface area contributed by atoms with E-state index in [1.807, 2.05) is 53.4 Å². The van der Waals surface area contributed by atoms with Crippen LogP contribution in [0.3, 0.4) is 0 Å². The van der Waals surface area contributed by atoms with Crippen LogP contribution in [0.5, 0.6) is 0 Å². The molecule has 6 heteroatoms. The monoisotopic (exact) mass is 323 g/mol. The first-order valence-corrected chi connectivity index (χ1v) is 7.45. The smallest absolute Gasteiger partial charge is 0.354 e. The Hall–Kier alpha value is -3.28. The fraction of sp³-hybridized carbons (Fsp3) is 0.111. The minimum absolute atomic E-state index is 0.0614. The highest BCUT2D eigenvalue weighted by Gasteiger charge is 2.16. The van der Waals surface area contributed by atoms with Gasteiger partial charge in [-0.05, 0) is 35.9 Å². The highest BCUT2D eigenvalue weighted by Crippen LogP contribution is 2.17. The molecule has 0 fully saturated rings. The Bertz CT molecular complexity index is 862. The first kappa shape index (κ1) is 15.6. The second kappa shape index (κ2) is 6.45. The molecule has 0 unspecified atom stereocenters. The van der Waals surface area contributed by atoms with E-state index in [1.165, 1.54) is 4.57 Å². The summed E-state index contributed by atoms with van der Waals surface area (Å²) in [5.41, 5.74) is 2.24. The summed E-state index contributed by atoms with van der Waals surface area (Å²) in [5, 5.41) is 11.8. The molecule has 2 aromatic heterocycles. The summed E-state index contributed by atoms with van der Waals surface area (Å²) in [6.07, 6.45) is 5.68. The van der Waals surface area contributed by atoms with Crippen LogP contribution in [0.2, 0.25) is 0 Å². The Morgan fingerprint density at radius 2 is 1.71 bits per heavy atom. The van der Waals surface area contributed by atoms with Crippen molar-refractivity contribution in [1.82, 2.24) is 9.13 Å². The van der Waals surface area contributed by atoms with E-state index in [-0.39, 0.29) is 18.0 Å². The Labute approximate surface area is 139 Å². The van der Waals surface area contributed by atoms with Gasteiger partial charge in [-0.3, -0.25) is 4.79 Å². The number of amides is 1. The van der Waals surface area contributed by atoms with Crippen LogP contribution < -0.4 is 5.32 Å². The number of carbonyl (C=O) groups is 2. The van der Waals surface area contributed by atoms with Crippen molar-refractivity contribution in [3.63, 3.8) is 0 Å². The van der Waals surface area contributed by atoms with Gasteiger partial charge >= 0.3 is 5.97 Å². The van der Waals surface area contributed by atoms with Gasteiger partial charge in [-0.1, -0.05) is 12.1 Å². The summed E-state index contributed by atoms with van der Waals surface area (Å²) >= 11 is 0. The van der Waals surface area contributed by atoms with Crippen LogP contribution in [0.25, 0.3) is 5.69 Å². The third kappa shape index (κ3) is 3.22. The average Bonchev–Trinajstić information content (AvgIpc) is 3.18. The SMILES string of the molecule is Cn1ccc(NC(=O)Cc2ccc(-n3cccc3)cc2)c1C(=O)O. The molecule has 0 saturated heterocycles. The fourth-order valence-corrected chi connectivity index (χ4v) is 2.57. The molecule has 2 N–H and O–H groups in total. The van der Waals surface area contributed by atoms with Gasteiger partial charge in [-0.2, -0.15) is 0 Å².